The van der Waals surface area contributed by atoms with E-state index >= 15 is 0 Å². The molecule has 104 valence electrons. The van der Waals surface area contributed by atoms with Gasteiger partial charge in [-0.15, -0.1) is 0 Å². The van der Waals surface area contributed by atoms with Gasteiger partial charge in [0.15, 0.2) is 0 Å². The highest BCUT2D eigenvalue weighted by Crippen LogP contribution is 2.27. The van der Waals surface area contributed by atoms with Crippen LogP contribution in [0.25, 0.3) is 0 Å². The molecule has 4 N–H and O–H groups in total. The van der Waals surface area contributed by atoms with Crippen LogP contribution in [-0.2, 0) is 11.3 Å². The Balaban J connectivity index is 1.95. The van der Waals surface area contributed by atoms with Crippen LogP contribution in [0.4, 0.5) is 4.39 Å². The molecule has 0 spiro atoms. The van der Waals surface area contributed by atoms with Gasteiger partial charge in [-0.2, -0.15) is 0 Å². The molecule has 0 heterocycles. The lowest BCUT2D eigenvalue weighted by Crippen LogP contribution is -2.41. The summed E-state index contributed by atoms with van der Waals surface area (Å²) in [6.45, 7) is 0.513. The lowest BCUT2D eigenvalue weighted by atomic mass is 10.0. The Morgan fingerprint density at radius 1 is 1.37 bits per heavy atom. The summed E-state index contributed by atoms with van der Waals surface area (Å²) in [6.07, 6.45) is 4.12. The third kappa shape index (κ3) is 3.52. The summed E-state index contributed by atoms with van der Waals surface area (Å²) >= 11 is 0. The highest BCUT2D eigenvalue weighted by atomic mass is 19.1. The number of hydrogen-bond acceptors (Lipinski definition) is 3. The molecule has 19 heavy (non-hydrogen) atoms. The lowest BCUT2D eigenvalue weighted by Gasteiger charge is -2.23. The maximum Gasteiger partial charge on any atom is 0.248 e. The van der Waals surface area contributed by atoms with E-state index in [9.17, 15) is 9.18 Å². The van der Waals surface area contributed by atoms with Crippen LogP contribution in [0.15, 0.2) is 18.2 Å². The molecule has 0 bridgehead atoms. The van der Waals surface area contributed by atoms with Crippen LogP contribution in [0.1, 0.15) is 41.6 Å². The van der Waals surface area contributed by atoms with Crippen LogP contribution in [0.5, 0.6) is 0 Å². The third-order valence-electron chi connectivity index (χ3n) is 3.58. The molecule has 0 saturated heterocycles. The third-order valence-corrected chi connectivity index (χ3v) is 3.58. The average molecular weight is 266 g/mol. The first kappa shape index (κ1) is 14.0. The summed E-state index contributed by atoms with van der Waals surface area (Å²) in [6, 6.07) is 4.02. The topological polar surface area (TPSA) is 78.3 Å². The molecule has 1 aromatic carbocycles. The Kier molecular flexibility index (Phi) is 4.17. The van der Waals surface area contributed by atoms with Gasteiger partial charge in [-0.3, -0.25) is 4.79 Å². The number of carbonyl (C=O) groups is 1. The number of carbonyl (C=O) groups excluding carboxylic acids is 1. The summed E-state index contributed by atoms with van der Waals surface area (Å²) in [7, 11) is 0. The van der Waals surface area contributed by atoms with Crippen molar-refractivity contribution < 1.29 is 13.9 Å². The van der Waals surface area contributed by atoms with E-state index in [-0.39, 0.29) is 17.7 Å². The molecular weight excluding hydrogens is 247 g/mol. The smallest absolute Gasteiger partial charge is 0.248 e. The molecule has 5 heteroatoms. The zero-order valence-electron chi connectivity index (χ0n) is 10.8. The monoisotopic (exact) mass is 266 g/mol. The van der Waals surface area contributed by atoms with Crippen LogP contribution in [0.2, 0.25) is 0 Å². The van der Waals surface area contributed by atoms with Gasteiger partial charge < -0.3 is 16.2 Å². The Morgan fingerprint density at radius 3 is 2.68 bits per heavy atom. The van der Waals surface area contributed by atoms with Gasteiger partial charge in [-0.25, -0.2) is 4.39 Å². The maximum atomic E-state index is 13.6. The van der Waals surface area contributed by atoms with Crippen molar-refractivity contribution >= 4 is 5.91 Å². The largest absolute Gasteiger partial charge is 0.375 e. The fourth-order valence-electron chi connectivity index (χ4n) is 2.43. The minimum atomic E-state index is -0.577. The Bertz CT molecular complexity index is 471. The molecule has 0 radical (unpaired) electrons. The molecule has 1 aliphatic rings. The van der Waals surface area contributed by atoms with Crippen LogP contribution >= 0.6 is 0 Å². The van der Waals surface area contributed by atoms with Gasteiger partial charge in [-0.05, 0) is 31.0 Å². The summed E-state index contributed by atoms with van der Waals surface area (Å²) in [4.78, 5) is 11.0. The number of ether oxygens (including phenoxy) is 1. The molecule has 1 amide bonds. The second kappa shape index (κ2) is 5.67. The number of rotatable bonds is 5. The van der Waals surface area contributed by atoms with Crippen molar-refractivity contribution in [2.45, 2.75) is 37.8 Å². The predicted octanol–water partition coefficient (Wildman–Crippen LogP) is 1.71. The number of nitrogens with two attached hydrogens (primary N) is 2. The van der Waals surface area contributed by atoms with Crippen LogP contribution in [-0.4, -0.2) is 18.1 Å². The van der Waals surface area contributed by atoms with E-state index in [0.717, 1.165) is 25.7 Å². The van der Waals surface area contributed by atoms with E-state index in [4.69, 9.17) is 16.2 Å². The van der Waals surface area contributed by atoms with Gasteiger partial charge in [0.25, 0.3) is 0 Å². The number of amides is 1. The van der Waals surface area contributed by atoms with Gasteiger partial charge in [0.1, 0.15) is 5.82 Å². The van der Waals surface area contributed by atoms with E-state index in [0.29, 0.717) is 12.2 Å². The van der Waals surface area contributed by atoms with Gasteiger partial charge >= 0.3 is 0 Å². The molecule has 1 aromatic rings. The normalized spacial score (nSPS) is 17.6. The van der Waals surface area contributed by atoms with Gasteiger partial charge in [0.2, 0.25) is 5.91 Å². The molecule has 1 fully saturated rings. The molecule has 1 aliphatic carbocycles. The van der Waals surface area contributed by atoms with E-state index in [1.165, 1.54) is 18.2 Å². The molecule has 0 unspecified atom stereocenters. The quantitative estimate of drug-likeness (QED) is 0.851. The van der Waals surface area contributed by atoms with Crippen LogP contribution in [0.3, 0.4) is 0 Å². The first-order valence-corrected chi connectivity index (χ1v) is 6.45. The minimum Gasteiger partial charge on any atom is -0.375 e. The number of halogens is 1. The zero-order valence-corrected chi connectivity index (χ0v) is 10.8. The number of benzene rings is 1. The number of hydrogen-bond donors (Lipinski definition) is 2. The second-order valence-electron chi connectivity index (χ2n) is 5.23. The Labute approximate surface area is 111 Å². The molecule has 0 atom stereocenters. The molecule has 2 rings (SSSR count). The van der Waals surface area contributed by atoms with Gasteiger partial charge in [-0.1, -0.05) is 12.8 Å². The highest BCUT2D eigenvalue weighted by Gasteiger charge is 2.29. The van der Waals surface area contributed by atoms with Gasteiger partial charge in [0, 0.05) is 16.7 Å². The molecule has 0 aromatic heterocycles. The van der Waals surface area contributed by atoms with E-state index in [1.54, 1.807) is 0 Å². The van der Waals surface area contributed by atoms with Crippen molar-refractivity contribution in [2.24, 2.45) is 11.5 Å². The van der Waals surface area contributed by atoms with Crippen molar-refractivity contribution in [2.75, 3.05) is 6.61 Å². The fraction of sp³-hybridized carbons (Fsp3) is 0.500. The maximum absolute atomic E-state index is 13.6. The van der Waals surface area contributed by atoms with E-state index in [1.807, 2.05) is 0 Å². The summed E-state index contributed by atoms with van der Waals surface area (Å²) < 4.78 is 19.1. The summed E-state index contributed by atoms with van der Waals surface area (Å²) in [5.41, 5.74) is 11.6. The fourth-order valence-corrected chi connectivity index (χ4v) is 2.43. The predicted molar refractivity (Wildman–Crippen MR) is 70.0 cm³/mol. The summed E-state index contributed by atoms with van der Waals surface area (Å²) in [5.74, 6) is -0.977. The van der Waals surface area contributed by atoms with Gasteiger partial charge in [0.05, 0.1) is 13.2 Å². The first-order chi connectivity index (χ1) is 9.00. The minimum absolute atomic E-state index is 0.103. The van der Waals surface area contributed by atoms with Crippen molar-refractivity contribution in [1.82, 2.24) is 0 Å². The second-order valence-corrected chi connectivity index (χ2v) is 5.23. The van der Waals surface area contributed by atoms with E-state index < -0.39 is 11.7 Å². The first-order valence-electron chi connectivity index (χ1n) is 6.45. The van der Waals surface area contributed by atoms with Crippen molar-refractivity contribution in [3.8, 4) is 0 Å². The van der Waals surface area contributed by atoms with Crippen molar-refractivity contribution in [1.29, 1.82) is 0 Å². The van der Waals surface area contributed by atoms with Crippen LogP contribution in [0, 0.1) is 5.82 Å². The average Bonchev–Trinajstić information content (AvgIpc) is 2.78. The summed E-state index contributed by atoms with van der Waals surface area (Å²) in [5, 5.41) is 0. The van der Waals surface area contributed by atoms with Crippen molar-refractivity contribution in [3.63, 3.8) is 0 Å². The molecule has 1 saturated carbocycles. The molecular formula is C14H19FN2O2. The Hall–Kier alpha value is -1.46. The molecule has 0 aliphatic heterocycles. The molecule has 4 nitrogen and oxygen atoms in total. The van der Waals surface area contributed by atoms with Crippen LogP contribution < -0.4 is 11.5 Å². The Morgan fingerprint density at radius 2 is 2.05 bits per heavy atom. The standard InChI is InChI=1S/C14H19FN2O2/c15-12-4-3-10(13(16)18)7-11(12)8-19-9-14(17)5-1-2-6-14/h3-4,7H,1-2,5-6,8-9,17H2,(H2,16,18). The highest BCUT2D eigenvalue weighted by molar-refractivity contribution is 5.92. The zero-order chi connectivity index (χ0) is 13.9. The SMILES string of the molecule is NC(=O)c1ccc(F)c(COCC2(N)CCCC2)c1. The number of primary amides is 1. The van der Waals surface area contributed by atoms with Crippen molar-refractivity contribution in [3.05, 3.63) is 35.1 Å². The van der Waals surface area contributed by atoms with E-state index in [2.05, 4.69) is 0 Å². The lowest BCUT2D eigenvalue weighted by molar-refractivity contribution is 0.0733.